The molecule has 0 aliphatic carbocycles. The van der Waals surface area contributed by atoms with Gasteiger partial charge in [-0.2, -0.15) is 0 Å². The molecule has 296 valence electrons. The van der Waals surface area contributed by atoms with Gasteiger partial charge in [0.15, 0.2) is 0 Å². The van der Waals surface area contributed by atoms with E-state index in [1.807, 2.05) is 12.2 Å². The van der Waals surface area contributed by atoms with Gasteiger partial charge < -0.3 is 14.6 Å². The van der Waals surface area contributed by atoms with Crippen LogP contribution in [0.1, 0.15) is 101 Å². The molecule has 2 aliphatic rings. The van der Waals surface area contributed by atoms with E-state index in [-0.39, 0.29) is 0 Å². The number of benzene rings is 4. The Balaban J connectivity index is 1.59. The summed E-state index contributed by atoms with van der Waals surface area (Å²) in [7, 11) is -2.14. The number of unbranched alkanes of at least 4 members (excludes halogenated alkanes) is 6. The van der Waals surface area contributed by atoms with E-state index in [1.165, 1.54) is 59.7 Å². The summed E-state index contributed by atoms with van der Waals surface area (Å²) in [4.78, 5) is 0. The van der Waals surface area contributed by atoms with Crippen molar-refractivity contribution in [3.63, 3.8) is 0 Å². The van der Waals surface area contributed by atoms with E-state index in [4.69, 9.17) is 9.47 Å². The van der Waals surface area contributed by atoms with Gasteiger partial charge in [0.2, 0.25) is 0 Å². The van der Waals surface area contributed by atoms with Crippen molar-refractivity contribution in [2.45, 2.75) is 105 Å². The number of hydrogen-bond acceptors (Lipinski definition) is 3. The molecule has 2 heterocycles. The van der Waals surface area contributed by atoms with Crippen LogP contribution in [-0.4, -0.2) is 5.11 Å². The Hall–Kier alpha value is -4.42. The zero-order chi connectivity index (χ0) is 40.7. The summed E-state index contributed by atoms with van der Waals surface area (Å²) in [5.41, 5.74) is 6.22. The second-order valence-electron chi connectivity index (χ2n) is 15.8. The summed E-state index contributed by atoms with van der Waals surface area (Å²) in [6.07, 6.45) is 19.7. The first kappa shape index (κ1) is 42.2. The Bertz CT molecular complexity index is 2200. The molecule has 0 amide bonds. The van der Waals surface area contributed by atoms with Gasteiger partial charge in [-0.05, 0) is 111 Å². The maximum Gasteiger partial charge on any atom is 0.135 e. The Morgan fingerprint density at radius 3 is 1.91 bits per heavy atom. The van der Waals surface area contributed by atoms with Crippen molar-refractivity contribution < 1.29 is 14.6 Å². The van der Waals surface area contributed by atoms with Crippen LogP contribution in [0.25, 0.3) is 0 Å². The maximum atomic E-state index is 13.0. The highest BCUT2D eigenvalue weighted by Gasteiger charge is 2.38. The molecule has 2 aliphatic heterocycles. The van der Waals surface area contributed by atoms with Gasteiger partial charge in [0.05, 0.1) is 0 Å². The van der Waals surface area contributed by atoms with Crippen LogP contribution < -0.4 is 30.7 Å². The average molecular weight is 795 g/mol. The number of phenolic OH excluding ortho intramolecular Hbond substituents is 1. The number of ether oxygens (including phenoxy) is 2. The third-order valence-corrected chi connectivity index (χ3v) is 16.1. The second kappa shape index (κ2) is 18.9. The standard InChI is InChI=1S/C52H60O3P2/c1-10-14-15-16-17-18-19-30-52(9,40(31-36(5)12-3)35-56-46(21-11-2)42(13-4)54-43-27-24-37(6)32-48(43)56)41-22-20-23-47(51(41)53)57-49-33-38(7)25-28-44(49)55-45-29-26-39(8)34-50(45)57/h11-13,20-29,31-35,53H,3-4,10,14-19,30H2,1-2,5-9H3/b21-11+,36-31-,40-35+. The molecule has 3 nitrogen and oxygen atoms in total. The maximum absolute atomic E-state index is 13.0. The predicted octanol–water partition coefficient (Wildman–Crippen LogP) is 13.8. The number of para-hydroxylation sites is 1. The third-order valence-electron chi connectivity index (χ3n) is 11.3. The average Bonchev–Trinajstić information content (AvgIpc) is 3.20. The fourth-order valence-electron chi connectivity index (χ4n) is 8.02. The highest BCUT2D eigenvalue weighted by atomic mass is 31.1. The molecule has 0 spiro atoms. The van der Waals surface area contributed by atoms with E-state index in [0.29, 0.717) is 5.75 Å². The minimum absolute atomic E-state index is 0.374. The lowest BCUT2D eigenvalue weighted by Gasteiger charge is -2.37. The largest absolute Gasteiger partial charge is 0.507 e. The van der Waals surface area contributed by atoms with Crippen LogP contribution in [-0.2, 0) is 5.41 Å². The highest BCUT2D eigenvalue weighted by Crippen LogP contribution is 2.57. The van der Waals surface area contributed by atoms with E-state index >= 15 is 0 Å². The summed E-state index contributed by atoms with van der Waals surface area (Å²) in [6, 6.07) is 25.8. The number of allylic oxidation sites excluding steroid dienone is 8. The van der Waals surface area contributed by atoms with E-state index in [9.17, 15) is 5.11 Å². The van der Waals surface area contributed by atoms with Crippen LogP contribution in [0, 0.1) is 20.8 Å². The lowest BCUT2D eigenvalue weighted by Crippen LogP contribution is -2.30. The first-order valence-electron chi connectivity index (χ1n) is 20.6. The van der Waals surface area contributed by atoms with Crippen LogP contribution >= 0.6 is 15.8 Å². The first-order valence-corrected chi connectivity index (χ1v) is 23.4. The van der Waals surface area contributed by atoms with Gasteiger partial charge in [-0.1, -0.05) is 155 Å². The van der Waals surface area contributed by atoms with Crippen molar-refractivity contribution in [3.8, 4) is 23.0 Å². The zero-order valence-corrected chi connectivity index (χ0v) is 36.9. The topological polar surface area (TPSA) is 38.7 Å². The number of phenols is 1. The summed E-state index contributed by atoms with van der Waals surface area (Å²) in [5.74, 6) is 6.26. The number of aromatic hydroxyl groups is 1. The Morgan fingerprint density at radius 2 is 1.33 bits per heavy atom. The molecule has 0 bridgehead atoms. The van der Waals surface area contributed by atoms with Gasteiger partial charge in [-0.15, -0.1) is 0 Å². The molecule has 2 unspecified atom stereocenters. The molecule has 0 fully saturated rings. The Morgan fingerprint density at radius 1 is 0.754 bits per heavy atom. The molecule has 0 saturated carbocycles. The van der Waals surface area contributed by atoms with Gasteiger partial charge >= 0.3 is 0 Å². The molecule has 0 aromatic heterocycles. The Kier molecular flexibility index (Phi) is 14.0. The summed E-state index contributed by atoms with van der Waals surface area (Å²) >= 11 is 0. The number of rotatable bonds is 16. The molecule has 4 aromatic carbocycles. The van der Waals surface area contributed by atoms with Crippen molar-refractivity contribution >= 4 is 37.1 Å². The van der Waals surface area contributed by atoms with Crippen LogP contribution in [0.4, 0.5) is 0 Å². The van der Waals surface area contributed by atoms with Crippen molar-refractivity contribution in [1.29, 1.82) is 0 Å². The lowest BCUT2D eigenvalue weighted by atomic mass is 9.71. The van der Waals surface area contributed by atoms with E-state index in [0.717, 1.165) is 74.6 Å². The quantitative estimate of drug-likeness (QED) is 0.0614. The molecule has 0 radical (unpaired) electrons. The van der Waals surface area contributed by atoms with Crippen LogP contribution in [0.3, 0.4) is 0 Å². The molecule has 1 N–H and O–H groups in total. The van der Waals surface area contributed by atoms with Crippen LogP contribution in [0.2, 0.25) is 0 Å². The number of hydrogen-bond donors (Lipinski definition) is 1. The molecular weight excluding hydrogens is 735 g/mol. The van der Waals surface area contributed by atoms with E-state index in [2.05, 4.69) is 158 Å². The summed E-state index contributed by atoms with van der Waals surface area (Å²) < 4.78 is 13.0. The smallest absolute Gasteiger partial charge is 0.135 e. The molecule has 57 heavy (non-hydrogen) atoms. The van der Waals surface area contributed by atoms with Gasteiger partial charge in [0.1, 0.15) is 28.8 Å². The van der Waals surface area contributed by atoms with Crippen molar-refractivity contribution in [2.75, 3.05) is 0 Å². The Labute approximate surface area is 345 Å². The highest BCUT2D eigenvalue weighted by molar-refractivity contribution is 7.80. The van der Waals surface area contributed by atoms with Crippen LogP contribution in [0.15, 0.2) is 144 Å². The van der Waals surface area contributed by atoms with E-state index < -0.39 is 21.3 Å². The monoisotopic (exact) mass is 794 g/mol. The minimum Gasteiger partial charge on any atom is -0.507 e. The molecule has 4 aromatic rings. The second-order valence-corrected chi connectivity index (χ2v) is 19.9. The molecule has 6 rings (SSSR count). The molecule has 2 atom stereocenters. The normalized spacial score (nSPS) is 16.6. The van der Waals surface area contributed by atoms with Crippen LogP contribution in [0.5, 0.6) is 23.0 Å². The first-order chi connectivity index (χ1) is 27.5. The van der Waals surface area contributed by atoms with Gasteiger partial charge in [-0.3, -0.25) is 0 Å². The number of aryl methyl sites for hydroxylation is 3. The third kappa shape index (κ3) is 9.17. The zero-order valence-electron chi connectivity index (χ0n) is 35.1. The number of fused-ring (bicyclic) bond motifs is 3. The SMILES string of the molecule is C=CC1=C(/C=C/C)P(/C=C(\C=C(\C)C=C)C(C)(CCCCCCCCC)c2cccc(P3c4cc(C)ccc4Oc4ccc(C)cc43)c2O)c2cc(C)ccc2O1. The summed E-state index contributed by atoms with van der Waals surface area (Å²) in [6.45, 7) is 23.6. The van der Waals surface area contributed by atoms with Crippen molar-refractivity contribution in [1.82, 2.24) is 0 Å². The van der Waals surface area contributed by atoms with Crippen molar-refractivity contribution in [3.05, 3.63) is 167 Å². The summed E-state index contributed by atoms with van der Waals surface area (Å²) in [5, 5.41) is 18.5. The van der Waals surface area contributed by atoms with Gasteiger partial charge in [0, 0.05) is 37.5 Å². The molecular formula is C52H60O3P2. The minimum atomic E-state index is -1.12. The van der Waals surface area contributed by atoms with Crippen molar-refractivity contribution in [2.24, 2.45) is 0 Å². The van der Waals surface area contributed by atoms with Gasteiger partial charge in [0.25, 0.3) is 0 Å². The molecule has 0 saturated heterocycles. The molecule has 5 heteroatoms. The lowest BCUT2D eigenvalue weighted by molar-refractivity contribution is 0.425. The van der Waals surface area contributed by atoms with Gasteiger partial charge in [-0.25, -0.2) is 0 Å². The fraction of sp³-hybridized carbons (Fsp3) is 0.308. The fourth-order valence-corrected chi connectivity index (χ4v) is 13.3. The van der Waals surface area contributed by atoms with E-state index in [1.54, 1.807) is 0 Å². The predicted molar refractivity (Wildman–Crippen MR) is 249 cm³/mol.